The summed E-state index contributed by atoms with van der Waals surface area (Å²) >= 11 is 0. The van der Waals surface area contributed by atoms with Gasteiger partial charge in [0.15, 0.2) is 6.10 Å². The van der Waals surface area contributed by atoms with Gasteiger partial charge in [-0.1, -0.05) is 248 Å². The Morgan fingerprint density at radius 2 is 0.549 bits per heavy atom. The standard InChI is InChI=1S/C65H114O6/c1-4-7-10-13-16-19-22-25-27-29-30-31-32-33-34-35-36-37-39-40-43-46-49-52-55-58-64(67)70-61-62(60-69-63(66)57-54-51-48-45-42-24-21-18-15-12-9-6-3)71-65(68)59-56-53-50-47-44-41-38-28-26-23-20-17-14-11-8-5-2/h7,10,16,18-19,21,25,27-28,30-31,38,62H,4-6,8-9,11-15,17,20,22-24,26,29,32-37,39-61H2,1-3H3/b10-7-,19-16-,21-18-,27-25-,31-30-,38-28-. The van der Waals surface area contributed by atoms with E-state index in [1.165, 1.54) is 161 Å². The zero-order valence-electron chi connectivity index (χ0n) is 47.0. The molecule has 71 heavy (non-hydrogen) atoms. The first-order valence-electron chi connectivity index (χ1n) is 30.4. The molecule has 0 aliphatic carbocycles. The van der Waals surface area contributed by atoms with Crippen LogP contribution in [-0.4, -0.2) is 37.2 Å². The topological polar surface area (TPSA) is 78.9 Å². The highest BCUT2D eigenvalue weighted by Crippen LogP contribution is 2.16. The van der Waals surface area contributed by atoms with E-state index in [-0.39, 0.29) is 31.1 Å². The lowest BCUT2D eigenvalue weighted by Crippen LogP contribution is -2.30. The predicted molar refractivity (Wildman–Crippen MR) is 307 cm³/mol. The van der Waals surface area contributed by atoms with Crippen molar-refractivity contribution in [3.05, 3.63) is 72.9 Å². The Hall–Kier alpha value is -3.15. The van der Waals surface area contributed by atoms with Crippen LogP contribution in [0.4, 0.5) is 0 Å². The van der Waals surface area contributed by atoms with Crippen LogP contribution in [0.2, 0.25) is 0 Å². The molecule has 1 unspecified atom stereocenters. The van der Waals surface area contributed by atoms with Gasteiger partial charge >= 0.3 is 17.9 Å². The summed E-state index contributed by atoms with van der Waals surface area (Å²) in [6.07, 6.45) is 76.2. The first kappa shape index (κ1) is 67.8. The number of ether oxygens (including phenoxy) is 3. The Kier molecular flexibility index (Phi) is 56.8. The maximum absolute atomic E-state index is 12.9. The van der Waals surface area contributed by atoms with Gasteiger partial charge in [-0.25, -0.2) is 0 Å². The lowest BCUT2D eigenvalue weighted by molar-refractivity contribution is -0.167. The highest BCUT2D eigenvalue weighted by Gasteiger charge is 2.19. The van der Waals surface area contributed by atoms with Gasteiger partial charge in [0.05, 0.1) is 0 Å². The van der Waals surface area contributed by atoms with Crippen molar-refractivity contribution in [3.63, 3.8) is 0 Å². The number of rotatable bonds is 55. The van der Waals surface area contributed by atoms with E-state index < -0.39 is 6.10 Å². The van der Waals surface area contributed by atoms with E-state index >= 15 is 0 Å². The van der Waals surface area contributed by atoms with Crippen LogP contribution < -0.4 is 0 Å². The molecule has 0 saturated carbocycles. The van der Waals surface area contributed by atoms with Gasteiger partial charge < -0.3 is 14.2 Å². The second kappa shape index (κ2) is 59.4. The molecule has 1 atom stereocenters. The maximum atomic E-state index is 12.9. The van der Waals surface area contributed by atoms with Crippen LogP contribution in [0.5, 0.6) is 0 Å². The summed E-state index contributed by atoms with van der Waals surface area (Å²) in [6, 6.07) is 0. The minimum absolute atomic E-state index is 0.0807. The number of hydrogen-bond donors (Lipinski definition) is 0. The molecule has 0 heterocycles. The smallest absolute Gasteiger partial charge is 0.306 e. The molecule has 0 bridgehead atoms. The average Bonchev–Trinajstić information content (AvgIpc) is 3.37. The van der Waals surface area contributed by atoms with Gasteiger partial charge in [0, 0.05) is 19.3 Å². The fraction of sp³-hybridized carbons (Fsp3) is 0.769. The van der Waals surface area contributed by atoms with Crippen LogP contribution in [0.3, 0.4) is 0 Å². The molecule has 410 valence electrons. The van der Waals surface area contributed by atoms with Crippen molar-refractivity contribution < 1.29 is 28.6 Å². The molecule has 0 aliphatic heterocycles. The van der Waals surface area contributed by atoms with Gasteiger partial charge in [-0.05, 0) is 109 Å². The van der Waals surface area contributed by atoms with Gasteiger partial charge in [-0.15, -0.1) is 0 Å². The Morgan fingerprint density at radius 3 is 0.901 bits per heavy atom. The van der Waals surface area contributed by atoms with Gasteiger partial charge in [0.1, 0.15) is 13.2 Å². The van der Waals surface area contributed by atoms with E-state index in [2.05, 4.69) is 93.7 Å². The normalized spacial score (nSPS) is 12.5. The zero-order chi connectivity index (χ0) is 51.4. The first-order chi connectivity index (χ1) is 35.0. The van der Waals surface area contributed by atoms with Gasteiger partial charge in [-0.3, -0.25) is 14.4 Å². The molecule has 0 aromatic rings. The van der Waals surface area contributed by atoms with E-state index in [1.807, 2.05) is 0 Å². The minimum atomic E-state index is -0.783. The third-order valence-corrected chi connectivity index (χ3v) is 13.2. The molecule has 0 N–H and O–H groups in total. The number of esters is 3. The van der Waals surface area contributed by atoms with Crippen molar-refractivity contribution in [3.8, 4) is 0 Å². The molecule has 0 aliphatic rings. The van der Waals surface area contributed by atoms with Crippen LogP contribution in [0.15, 0.2) is 72.9 Å². The summed E-state index contributed by atoms with van der Waals surface area (Å²) in [5.41, 5.74) is 0. The molecule has 0 spiro atoms. The highest BCUT2D eigenvalue weighted by atomic mass is 16.6. The lowest BCUT2D eigenvalue weighted by Gasteiger charge is -2.18. The molecule has 0 aromatic carbocycles. The van der Waals surface area contributed by atoms with Crippen molar-refractivity contribution in [2.24, 2.45) is 0 Å². The fourth-order valence-corrected chi connectivity index (χ4v) is 8.60. The van der Waals surface area contributed by atoms with Gasteiger partial charge in [-0.2, -0.15) is 0 Å². The summed E-state index contributed by atoms with van der Waals surface area (Å²) in [7, 11) is 0. The van der Waals surface area contributed by atoms with Crippen LogP contribution in [-0.2, 0) is 28.6 Å². The SMILES string of the molecule is CC/C=C\C/C=C\C/C=C\C/C=C\CCCCCCCCCCCCCCC(=O)OCC(COC(=O)CCCCCCC/C=C\CCCCC)OC(=O)CCCCCCC/C=C\CCCCCCCCC. The summed E-state index contributed by atoms with van der Waals surface area (Å²) in [6.45, 7) is 6.51. The number of carbonyl (C=O) groups excluding carboxylic acids is 3. The Bertz CT molecular complexity index is 1320. The summed E-state index contributed by atoms with van der Waals surface area (Å²) < 4.78 is 16.9. The van der Waals surface area contributed by atoms with Crippen molar-refractivity contribution in [1.82, 2.24) is 0 Å². The van der Waals surface area contributed by atoms with Crippen LogP contribution in [0.1, 0.15) is 303 Å². The van der Waals surface area contributed by atoms with E-state index in [9.17, 15) is 14.4 Å². The Morgan fingerprint density at radius 1 is 0.296 bits per heavy atom. The maximum Gasteiger partial charge on any atom is 0.306 e. The largest absolute Gasteiger partial charge is 0.462 e. The van der Waals surface area contributed by atoms with E-state index in [1.54, 1.807) is 0 Å². The van der Waals surface area contributed by atoms with Crippen molar-refractivity contribution >= 4 is 17.9 Å². The summed E-state index contributed by atoms with van der Waals surface area (Å²) in [5.74, 6) is -0.889. The molecule has 0 rings (SSSR count). The molecule has 0 fully saturated rings. The Balaban J connectivity index is 4.28. The molecule has 0 radical (unpaired) electrons. The molecule has 0 amide bonds. The molecular formula is C65H114O6. The first-order valence-corrected chi connectivity index (χ1v) is 30.4. The quantitative estimate of drug-likeness (QED) is 0.0261. The van der Waals surface area contributed by atoms with Crippen molar-refractivity contribution in [2.75, 3.05) is 13.2 Å². The van der Waals surface area contributed by atoms with Crippen molar-refractivity contribution in [2.45, 2.75) is 309 Å². The molecule has 6 nitrogen and oxygen atoms in total. The molecule has 0 saturated heterocycles. The van der Waals surface area contributed by atoms with Gasteiger partial charge in [0.2, 0.25) is 0 Å². The summed E-state index contributed by atoms with van der Waals surface area (Å²) in [4.78, 5) is 38.2. The predicted octanol–water partition coefficient (Wildman–Crippen LogP) is 20.5. The lowest BCUT2D eigenvalue weighted by atomic mass is 10.0. The van der Waals surface area contributed by atoms with E-state index in [4.69, 9.17) is 14.2 Å². The zero-order valence-corrected chi connectivity index (χ0v) is 47.0. The fourth-order valence-electron chi connectivity index (χ4n) is 8.60. The summed E-state index contributed by atoms with van der Waals surface area (Å²) in [5, 5.41) is 0. The van der Waals surface area contributed by atoms with Crippen molar-refractivity contribution in [1.29, 1.82) is 0 Å². The number of carbonyl (C=O) groups is 3. The van der Waals surface area contributed by atoms with Crippen LogP contribution in [0, 0.1) is 0 Å². The average molecular weight is 992 g/mol. The van der Waals surface area contributed by atoms with Crippen LogP contribution >= 0.6 is 0 Å². The number of unbranched alkanes of at least 4 members (excludes halogenated alkanes) is 32. The molecule has 6 heteroatoms. The third kappa shape index (κ3) is 57.6. The number of allylic oxidation sites excluding steroid dienone is 12. The monoisotopic (exact) mass is 991 g/mol. The molecular weight excluding hydrogens is 877 g/mol. The highest BCUT2D eigenvalue weighted by molar-refractivity contribution is 5.71. The minimum Gasteiger partial charge on any atom is -0.462 e. The second-order valence-electron chi connectivity index (χ2n) is 20.2. The Labute approximate surface area is 440 Å². The van der Waals surface area contributed by atoms with E-state index in [0.717, 1.165) is 103 Å². The molecule has 0 aromatic heterocycles. The van der Waals surface area contributed by atoms with Crippen LogP contribution in [0.25, 0.3) is 0 Å². The number of hydrogen-bond acceptors (Lipinski definition) is 6. The second-order valence-corrected chi connectivity index (χ2v) is 20.2. The third-order valence-electron chi connectivity index (χ3n) is 13.2. The van der Waals surface area contributed by atoms with E-state index in [0.29, 0.717) is 19.3 Å². The van der Waals surface area contributed by atoms with Gasteiger partial charge in [0.25, 0.3) is 0 Å².